The van der Waals surface area contributed by atoms with E-state index in [1.54, 1.807) is 16.7 Å². The highest BCUT2D eigenvalue weighted by Crippen LogP contribution is 2.33. The summed E-state index contributed by atoms with van der Waals surface area (Å²) in [4.78, 5) is 20.3. The maximum Gasteiger partial charge on any atom is 0.337 e. The van der Waals surface area contributed by atoms with Crippen molar-refractivity contribution in [2.24, 2.45) is 0 Å². The van der Waals surface area contributed by atoms with Crippen molar-refractivity contribution in [1.29, 1.82) is 5.26 Å². The topological polar surface area (TPSA) is 110 Å². The number of hydrogen-bond acceptors (Lipinski definition) is 6. The number of fused-ring (bicyclic) bond motifs is 1. The van der Waals surface area contributed by atoms with Crippen molar-refractivity contribution in [3.8, 4) is 23.1 Å². The normalized spacial score (nSPS) is 11.0. The van der Waals surface area contributed by atoms with Crippen LogP contribution in [0.2, 0.25) is 0 Å². The minimum absolute atomic E-state index is 0.00286. The van der Waals surface area contributed by atoms with Gasteiger partial charge in [-0.1, -0.05) is 12.1 Å². The first kappa shape index (κ1) is 28.3. The zero-order valence-corrected chi connectivity index (χ0v) is 22.3. The lowest BCUT2D eigenvalue weighted by Crippen LogP contribution is -2.10. The first-order chi connectivity index (χ1) is 20.3. The molecule has 3 aromatic carbocycles. The molecule has 42 heavy (non-hydrogen) atoms. The van der Waals surface area contributed by atoms with Crippen molar-refractivity contribution in [2.75, 3.05) is 13.7 Å². The predicted octanol–water partition coefficient (Wildman–Crippen LogP) is 5.90. The molecule has 0 aliphatic heterocycles. The number of benzene rings is 3. The van der Waals surface area contributed by atoms with Crippen LogP contribution in [0.25, 0.3) is 22.2 Å². The smallest absolute Gasteiger partial charge is 0.337 e. The van der Waals surface area contributed by atoms with Gasteiger partial charge in [-0.3, -0.25) is 0 Å². The molecule has 212 valence electrons. The minimum Gasteiger partial charge on any atom is -0.478 e. The lowest BCUT2D eigenvalue weighted by molar-refractivity contribution is 0.0699. The second-order valence-electron chi connectivity index (χ2n) is 9.31. The van der Waals surface area contributed by atoms with Gasteiger partial charge in [0.25, 0.3) is 0 Å². The van der Waals surface area contributed by atoms with Gasteiger partial charge in [-0.05, 0) is 54.1 Å². The average Bonchev–Trinajstić information content (AvgIpc) is 3.33. The molecule has 0 saturated heterocycles. The van der Waals surface area contributed by atoms with Gasteiger partial charge in [-0.15, -0.1) is 0 Å². The van der Waals surface area contributed by atoms with E-state index < -0.39 is 23.4 Å². The minimum atomic E-state index is -1.15. The van der Waals surface area contributed by atoms with E-state index in [1.165, 1.54) is 43.6 Å². The molecule has 8 nitrogen and oxygen atoms in total. The Balaban J connectivity index is 1.47. The van der Waals surface area contributed by atoms with Crippen molar-refractivity contribution < 1.29 is 32.5 Å². The SMILES string of the molecule is COCCn1c(Cc2cc(F)c(-c3cccnc3OCc3ccc(C#N)cc3F)cc2F)nc2c(C(=O)O)cccc21. The van der Waals surface area contributed by atoms with E-state index in [0.717, 1.165) is 18.2 Å². The van der Waals surface area contributed by atoms with E-state index in [2.05, 4.69) is 9.97 Å². The molecular weight excluding hydrogens is 549 g/mol. The van der Waals surface area contributed by atoms with Crippen LogP contribution in [-0.2, 0) is 24.3 Å². The van der Waals surface area contributed by atoms with Crippen LogP contribution in [0.5, 0.6) is 5.88 Å². The Bertz CT molecular complexity index is 1850. The lowest BCUT2D eigenvalue weighted by atomic mass is 10.0. The van der Waals surface area contributed by atoms with Crippen LogP contribution in [0.1, 0.15) is 32.9 Å². The van der Waals surface area contributed by atoms with E-state index in [9.17, 15) is 14.3 Å². The Morgan fingerprint density at radius 1 is 1.00 bits per heavy atom. The summed E-state index contributed by atoms with van der Waals surface area (Å²) in [6.07, 6.45) is 1.29. The van der Waals surface area contributed by atoms with Crippen molar-refractivity contribution >= 4 is 17.0 Å². The highest BCUT2D eigenvalue weighted by molar-refractivity contribution is 6.01. The second-order valence-corrected chi connectivity index (χ2v) is 9.31. The number of para-hydroxylation sites is 1. The van der Waals surface area contributed by atoms with Crippen LogP contribution in [0.15, 0.2) is 66.9 Å². The van der Waals surface area contributed by atoms with Crippen LogP contribution >= 0.6 is 0 Å². The molecule has 2 aromatic heterocycles. The van der Waals surface area contributed by atoms with Crippen LogP contribution in [0, 0.1) is 28.8 Å². The molecule has 0 unspecified atom stereocenters. The molecule has 0 aliphatic carbocycles. The highest BCUT2D eigenvalue weighted by atomic mass is 19.1. The van der Waals surface area contributed by atoms with Gasteiger partial charge in [0.2, 0.25) is 5.88 Å². The van der Waals surface area contributed by atoms with Crippen LogP contribution in [0.3, 0.4) is 0 Å². The number of rotatable bonds is 10. The first-order valence-electron chi connectivity index (χ1n) is 12.8. The molecule has 0 aliphatic rings. The number of carboxylic acids is 1. The number of carbonyl (C=O) groups is 1. The number of aromatic nitrogens is 3. The number of halogens is 3. The number of methoxy groups -OCH3 is 1. The Morgan fingerprint density at radius 2 is 1.81 bits per heavy atom. The molecule has 0 fully saturated rings. The summed E-state index contributed by atoms with van der Waals surface area (Å²) in [7, 11) is 1.52. The maximum atomic E-state index is 15.5. The molecule has 11 heteroatoms. The number of ether oxygens (including phenoxy) is 2. The molecular formula is C31H23F3N4O4. The summed E-state index contributed by atoms with van der Waals surface area (Å²) >= 11 is 0. The maximum absolute atomic E-state index is 15.5. The summed E-state index contributed by atoms with van der Waals surface area (Å²) in [5.74, 6) is -2.95. The molecule has 5 aromatic rings. The van der Waals surface area contributed by atoms with Crippen LogP contribution in [-0.4, -0.2) is 39.3 Å². The third kappa shape index (κ3) is 5.66. The first-order valence-corrected chi connectivity index (χ1v) is 12.8. The number of nitriles is 1. The number of aromatic carboxylic acids is 1. The molecule has 0 amide bonds. The van der Waals surface area contributed by atoms with Gasteiger partial charge in [0.05, 0.1) is 29.3 Å². The molecule has 5 rings (SSSR count). The van der Waals surface area contributed by atoms with E-state index in [0.29, 0.717) is 24.5 Å². The number of nitrogens with zero attached hydrogens (tertiary/aromatic N) is 4. The third-order valence-electron chi connectivity index (χ3n) is 6.70. The van der Waals surface area contributed by atoms with Gasteiger partial charge >= 0.3 is 5.97 Å². The van der Waals surface area contributed by atoms with Crippen molar-refractivity contribution in [3.63, 3.8) is 0 Å². The lowest BCUT2D eigenvalue weighted by Gasteiger charge is -2.13. The largest absolute Gasteiger partial charge is 0.478 e. The summed E-state index contributed by atoms with van der Waals surface area (Å²) in [5, 5.41) is 18.5. The van der Waals surface area contributed by atoms with E-state index in [-0.39, 0.29) is 57.8 Å². The standard InChI is InChI=1S/C31H23F3N4O4/c1-41-11-10-38-27-6-2-4-22(31(39)40)29(27)37-28(38)14-20-13-26(34)23(15-25(20)33)21-5-3-9-36-30(21)42-17-19-8-7-18(16-35)12-24(19)32/h2-9,12-13,15H,10-11,14,17H2,1H3,(H,39,40). The summed E-state index contributed by atoms with van der Waals surface area (Å²) < 4.78 is 57.9. The second kappa shape index (κ2) is 12.1. The van der Waals surface area contributed by atoms with Gasteiger partial charge < -0.3 is 19.1 Å². The zero-order chi connectivity index (χ0) is 29.8. The van der Waals surface area contributed by atoms with Gasteiger partial charge in [-0.25, -0.2) is 27.9 Å². The number of imidazole rings is 1. The molecule has 0 saturated carbocycles. The van der Waals surface area contributed by atoms with E-state index >= 15 is 8.78 Å². The molecule has 2 heterocycles. The monoisotopic (exact) mass is 572 g/mol. The summed E-state index contributed by atoms with van der Waals surface area (Å²) in [6.45, 7) is 0.366. The molecule has 1 N–H and O–H groups in total. The summed E-state index contributed by atoms with van der Waals surface area (Å²) in [6, 6.07) is 15.6. The van der Waals surface area contributed by atoms with Crippen molar-refractivity contribution in [2.45, 2.75) is 19.6 Å². The predicted molar refractivity (Wildman–Crippen MR) is 146 cm³/mol. The van der Waals surface area contributed by atoms with Gasteiger partial charge in [0.1, 0.15) is 35.4 Å². The zero-order valence-electron chi connectivity index (χ0n) is 22.3. The van der Waals surface area contributed by atoms with Gasteiger partial charge in [-0.2, -0.15) is 5.26 Å². The van der Waals surface area contributed by atoms with Crippen molar-refractivity contribution in [3.05, 3.63) is 112 Å². The Morgan fingerprint density at radius 3 is 2.55 bits per heavy atom. The van der Waals surface area contributed by atoms with Crippen molar-refractivity contribution in [1.82, 2.24) is 14.5 Å². The average molecular weight is 573 g/mol. The van der Waals surface area contributed by atoms with E-state index in [1.807, 2.05) is 6.07 Å². The quantitative estimate of drug-likeness (QED) is 0.222. The molecule has 0 spiro atoms. The third-order valence-corrected chi connectivity index (χ3v) is 6.70. The molecule has 0 bridgehead atoms. The van der Waals surface area contributed by atoms with Gasteiger partial charge in [0, 0.05) is 43.0 Å². The molecule has 0 atom stereocenters. The van der Waals surface area contributed by atoms with Gasteiger partial charge in [0.15, 0.2) is 0 Å². The number of carboxylic acid groups (broad SMARTS) is 1. The number of pyridine rings is 1. The number of hydrogen-bond donors (Lipinski definition) is 1. The van der Waals surface area contributed by atoms with E-state index in [4.69, 9.17) is 14.7 Å². The fourth-order valence-corrected chi connectivity index (χ4v) is 4.63. The Kier molecular flexibility index (Phi) is 8.17. The fraction of sp³-hybridized carbons (Fsp3) is 0.161. The molecule has 0 radical (unpaired) electrons. The highest BCUT2D eigenvalue weighted by Gasteiger charge is 2.21. The van der Waals surface area contributed by atoms with Crippen LogP contribution < -0.4 is 4.74 Å². The Hall–Kier alpha value is -5.21. The van der Waals surface area contributed by atoms with Crippen LogP contribution in [0.4, 0.5) is 13.2 Å². The Labute approximate surface area is 238 Å². The fourth-order valence-electron chi connectivity index (χ4n) is 4.63. The summed E-state index contributed by atoms with van der Waals surface area (Å²) in [5.41, 5.74) is 1.15.